The summed E-state index contributed by atoms with van der Waals surface area (Å²) in [7, 11) is 0. The minimum atomic E-state index is -0.0574. The Morgan fingerprint density at radius 2 is 1.81 bits per heavy atom. The highest BCUT2D eigenvalue weighted by molar-refractivity contribution is 5.83. The zero-order chi connectivity index (χ0) is 15.7. The Morgan fingerprint density at radius 3 is 2.29 bits per heavy atom. The number of Topliss-reactive ketones (excluding diaryl/α,β-unsaturated/α-hetero) is 1. The van der Waals surface area contributed by atoms with E-state index in [0.29, 0.717) is 17.1 Å². The van der Waals surface area contributed by atoms with E-state index >= 15 is 0 Å². The summed E-state index contributed by atoms with van der Waals surface area (Å²) in [5.41, 5.74) is 3.85. The second-order valence-corrected chi connectivity index (χ2v) is 7.48. The lowest BCUT2D eigenvalue weighted by Gasteiger charge is -2.50. The molecule has 0 saturated heterocycles. The van der Waals surface area contributed by atoms with Crippen molar-refractivity contribution in [2.75, 3.05) is 0 Å². The van der Waals surface area contributed by atoms with Crippen LogP contribution in [0.15, 0.2) is 11.1 Å². The van der Waals surface area contributed by atoms with Crippen LogP contribution in [0.4, 0.5) is 0 Å². The summed E-state index contributed by atoms with van der Waals surface area (Å²) in [5, 5.41) is 0. The Hall–Kier alpha value is -0.590. The highest BCUT2D eigenvalue weighted by Gasteiger charge is 2.48. The molecule has 120 valence electrons. The van der Waals surface area contributed by atoms with Crippen LogP contribution < -0.4 is 0 Å². The molecule has 0 amide bonds. The second-order valence-electron chi connectivity index (χ2n) is 7.48. The molecule has 0 spiro atoms. The molecule has 0 heterocycles. The molecule has 21 heavy (non-hydrogen) atoms. The van der Waals surface area contributed by atoms with Gasteiger partial charge in [-0.05, 0) is 69.6 Å². The summed E-state index contributed by atoms with van der Waals surface area (Å²) in [6, 6.07) is 0. The minimum absolute atomic E-state index is 0.0574. The summed E-state index contributed by atoms with van der Waals surface area (Å²) in [6.07, 6.45) is 10.9. The first-order chi connectivity index (χ1) is 9.99. The van der Waals surface area contributed by atoms with E-state index in [1.165, 1.54) is 38.5 Å². The van der Waals surface area contributed by atoms with Crippen LogP contribution in [0.3, 0.4) is 0 Å². The third-order valence-electron chi connectivity index (χ3n) is 7.14. The van der Waals surface area contributed by atoms with Gasteiger partial charge in [0.2, 0.25) is 0 Å². The number of ketones is 1. The van der Waals surface area contributed by atoms with Crippen molar-refractivity contribution in [1.82, 2.24) is 0 Å². The quantitative estimate of drug-likeness (QED) is 0.561. The normalized spacial score (nSPS) is 32.0. The van der Waals surface area contributed by atoms with Gasteiger partial charge in [-0.3, -0.25) is 4.79 Å². The number of hydrogen-bond donors (Lipinski definition) is 0. The van der Waals surface area contributed by atoms with Gasteiger partial charge in [0.05, 0.1) is 0 Å². The first-order valence-corrected chi connectivity index (χ1v) is 9.22. The Kier molecular flexibility index (Phi) is 5.00. The Labute approximate surface area is 131 Å². The summed E-state index contributed by atoms with van der Waals surface area (Å²) >= 11 is 0. The zero-order valence-electron chi connectivity index (χ0n) is 14.8. The van der Waals surface area contributed by atoms with Crippen molar-refractivity contribution in [1.29, 1.82) is 0 Å². The molecule has 2 rings (SSSR count). The lowest BCUT2D eigenvalue weighted by atomic mass is 9.53. The van der Waals surface area contributed by atoms with Crippen molar-refractivity contribution < 1.29 is 4.79 Å². The third kappa shape index (κ3) is 2.51. The highest BCUT2D eigenvalue weighted by atomic mass is 16.1. The largest absolute Gasteiger partial charge is 0.299 e. The molecular weight excluding hydrogens is 256 g/mol. The molecule has 0 fully saturated rings. The van der Waals surface area contributed by atoms with Crippen molar-refractivity contribution >= 4 is 5.78 Å². The van der Waals surface area contributed by atoms with E-state index in [9.17, 15) is 4.79 Å². The van der Waals surface area contributed by atoms with Crippen molar-refractivity contribution in [3.8, 4) is 0 Å². The number of carbonyl (C=O) groups is 1. The first kappa shape index (κ1) is 16.8. The summed E-state index contributed by atoms with van der Waals surface area (Å²) < 4.78 is 0. The molecule has 0 radical (unpaired) electrons. The Bertz CT molecular complexity index is 427. The molecule has 0 saturated carbocycles. The van der Waals surface area contributed by atoms with E-state index in [4.69, 9.17) is 0 Å². The van der Waals surface area contributed by atoms with E-state index < -0.39 is 0 Å². The maximum absolute atomic E-state index is 12.5. The molecule has 0 N–H and O–H groups in total. The fourth-order valence-electron chi connectivity index (χ4n) is 5.48. The maximum atomic E-state index is 12.5. The van der Waals surface area contributed by atoms with Crippen molar-refractivity contribution in [3.05, 3.63) is 11.1 Å². The van der Waals surface area contributed by atoms with Crippen LogP contribution in [-0.4, -0.2) is 5.78 Å². The van der Waals surface area contributed by atoms with Crippen LogP contribution in [0.5, 0.6) is 0 Å². The lowest BCUT2D eigenvalue weighted by Crippen LogP contribution is -2.43. The molecule has 0 aliphatic heterocycles. The Morgan fingerprint density at radius 1 is 1.14 bits per heavy atom. The topological polar surface area (TPSA) is 17.1 Å². The molecule has 2 aliphatic rings. The van der Waals surface area contributed by atoms with Gasteiger partial charge in [0, 0.05) is 5.41 Å². The van der Waals surface area contributed by atoms with Crippen LogP contribution in [0, 0.1) is 16.7 Å². The highest BCUT2D eigenvalue weighted by Crippen LogP contribution is 2.57. The summed E-state index contributed by atoms with van der Waals surface area (Å²) in [5.74, 6) is 1.00. The lowest BCUT2D eigenvalue weighted by molar-refractivity contribution is -0.131. The molecule has 0 aromatic heterocycles. The van der Waals surface area contributed by atoms with Gasteiger partial charge in [0.25, 0.3) is 0 Å². The smallest absolute Gasteiger partial charge is 0.136 e. The van der Waals surface area contributed by atoms with E-state index in [2.05, 4.69) is 27.7 Å². The summed E-state index contributed by atoms with van der Waals surface area (Å²) in [4.78, 5) is 12.5. The molecule has 2 atom stereocenters. The van der Waals surface area contributed by atoms with E-state index in [0.717, 1.165) is 19.3 Å². The van der Waals surface area contributed by atoms with Crippen molar-refractivity contribution in [2.45, 2.75) is 92.4 Å². The molecule has 2 unspecified atom stereocenters. The van der Waals surface area contributed by atoms with Gasteiger partial charge in [0.15, 0.2) is 0 Å². The van der Waals surface area contributed by atoms with Gasteiger partial charge < -0.3 is 0 Å². The van der Waals surface area contributed by atoms with Gasteiger partial charge in [-0.1, -0.05) is 45.3 Å². The first-order valence-electron chi connectivity index (χ1n) is 9.22. The third-order valence-corrected chi connectivity index (χ3v) is 7.14. The second kappa shape index (κ2) is 6.26. The maximum Gasteiger partial charge on any atom is 0.136 e. The van der Waals surface area contributed by atoms with E-state index in [-0.39, 0.29) is 5.41 Å². The van der Waals surface area contributed by atoms with Crippen LogP contribution in [-0.2, 0) is 4.79 Å². The van der Waals surface area contributed by atoms with E-state index in [1.54, 1.807) is 11.1 Å². The number of rotatable bonds is 5. The predicted molar refractivity (Wildman–Crippen MR) is 90.3 cm³/mol. The fourth-order valence-corrected chi connectivity index (χ4v) is 5.48. The van der Waals surface area contributed by atoms with Crippen LogP contribution >= 0.6 is 0 Å². The van der Waals surface area contributed by atoms with Crippen LogP contribution in [0.1, 0.15) is 92.4 Å². The fraction of sp³-hybridized carbons (Fsp3) is 0.850. The molecule has 1 nitrogen and oxygen atoms in total. The molecular formula is C20H34O. The van der Waals surface area contributed by atoms with Crippen LogP contribution in [0.2, 0.25) is 0 Å². The number of carbonyl (C=O) groups excluding carboxylic acids is 1. The van der Waals surface area contributed by atoms with Gasteiger partial charge in [-0.15, -0.1) is 0 Å². The average Bonchev–Trinajstić information content (AvgIpc) is 2.52. The van der Waals surface area contributed by atoms with Gasteiger partial charge in [0.1, 0.15) is 5.78 Å². The predicted octanol–water partition coefficient (Wildman–Crippen LogP) is 6.08. The van der Waals surface area contributed by atoms with Crippen molar-refractivity contribution in [2.24, 2.45) is 16.7 Å². The van der Waals surface area contributed by atoms with Gasteiger partial charge >= 0.3 is 0 Å². The van der Waals surface area contributed by atoms with Crippen LogP contribution in [0.25, 0.3) is 0 Å². The number of hydrogen-bond acceptors (Lipinski definition) is 1. The number of allylic oxidation sites excluding steroid dienone is 2. The standard InChI is InChI=1S/C20H34O/c1-6-17-13-18-16(14-20(17,9-4)15(5)21)11-10-12-19(18,7-2)8-3/h17H,6-14H2,1-5H3. The molecule has 1 heteroatoms. The van der Waals surface area contributed by atoms with Gasteiger partial charge in [-0.25, -0.2) is 0 Å². The SMILES string of the molecule is CCC1CC2=C(CCCC2(CC)CC)CC1(CC)C(C)=O. The zero-order valence-corrected chi connectivity index (χ0v) is 14.8. The minimum Gasteiger partial charge on any atom is -0.299 e. The summed E-state index contributed by atoms with van der Waals surface area (Å²) in [6.45, 7) is 11.1. The Balaban J connectivity index is 2.48. The molecule has 2 aliphatic carbocycles. The van der Waals surface area contributed by atoms with Gasteiger partial charge in [-0.2, -0.15) is 0 Å². The monoisotopic (exact) mass is 290 g/mol. The molecule has 0 aromatic rings. The molecule has 0 aromatic carbocycles. The van der Waals surface area contributed by atoms with E-state index in [1.807, 2.05) is 6.92 Å². The average molecular weight is 290 g/mol. The molecule has 0 bridgehead atoms. The van der Waals surface area contributed by atoms with Crippen molar-refractivity contribution in [3.63, 3.8) is 0 Å².